The van der Waals surface area contributed by atoms with E-state index >= 15 is 0 Å². The Balaban J connectivity index is 1.21. The van der Waals surface area contributed by atoms with Crippen LogP contribution < -0.4 is 4.90 Å². The Morgan fingerprint density at radius 2 is 1.17 bits per heavy atom. The number of hydrogen-bond acceptors (Lipinski definition) is 3. The van der Waals surface area contributed by atoms with Crippen molar-refractivity contribution in [2.24, 2.45) is 0 Å². The van der Waals surface area contributed by atoms with Crippen molar-refractivity contribution in [2.75, 3.05) is 4.90 Å². The Hall–Kier alpha value is -7.10. The average molecular weight is 689 g/mol. The molecule has 53 heavy (non-hydrogen) atoms. The molecule has 0 aliphatic carbocycles. The molecule has 3 nitrogen and oxygen atoms in total. The highest BCUT2D eigenvalue weighted by molar-refractivity contribution is 6.19. The lowest BCUT2D eigenvalue weighted by atomic mass is 9.99. The quantitative estimate of drug-likeness (QED) is 0.180. The van der Waals surface area contributed by atoms with Gasteiger partial charge in [-0.1, -0.05) is 133 Å². The summed E-state index contributed by atoms with van der Waals surface area (Å²) in [5.41, 5.74) is 4.00. The fourth-order valence-electron chi connectivity index (χ4n) is 7.35. The summed E-state index contributed by atoms with van der Waals surface area (Å²) in [7, 11) is 0. The molecule has 0 saturated carbocycles. The van der Waals surface area contributed by atoms with E-state index in [1.54, 1.807) is 11.0 Å². The third kappa shape index (κ3) is 4.75. The summed E-state index contributed by atoms with van der Waals surface area (Å²) in [6.07, 6.45) is 0. The van der Waals surface area contributed by atoms with Crippen molar-refractivity contribution < 1.29 is 23.9 Å². The van der Waals surface area contributed by atoms with E-state index in [-0.39, 0.29) is 16.5 Å². The fraction of sp³-hybridized carbons (Fsp3) is 0. The maximum Gasteiger partial charge on any atom is 0.143 e. The van der Waals surface area contributed by atoms with Gasteiger partial charge in [0.2, 0.25) is 0 Å². The van der Waals surface area contributed by atoms with Crippen LogP contribution in [0.5, 0.6) is 0 Å². The maximum atomic E-state index is 9.72. The van der Waals surface area contributed by atoms with Gasteiger partial charge in [0.25, 0.3) is 0 Å². The molecule has 248 valence electrons. The van der Waals surface area contributed by atoms with Crippen LogP contribution in [0.15, 0.2) is 197 Å². The smallest absolute Gasteiger partial charge is 0.143 e. The summed E-state index contributed by atoms with van der Waals surface area (Å²) in [5.74, 6) is 0. The minimum absolute atomic E-state index is 0.146. The van der Waals surface area contributed by atoms with Crippen LogP contribution in [-0.4, -0.2) is 0 Å². The number of para-hydroxylation sites is 2. The van der Waals surface area contributed by atoms with Crippen LogP contribution in [0.1, 0.15) is 15.1 Å². The van der Waals surface area contributed by atoms with Crippen molar-refractivity contribution in [3.63, 3.8) is 0 Å². The summed E-state index contributed by atoms with van der Waals surface area (Å²) in [6.45, 7) is 0. The fourth-order valence-corrected chi connectivity index (χ4v) is 7.35. The third-order valence-corrected chi connectivity index (χ3v) is 9.76. The van der Waals surface area contributed by atoms with E-state index < -0.39 is 77.6 Å². The standard InChI is InChI=1S/C50H31NO2/c1-2-12-35-30-36(23-22-32(35)10-1)33-24-27-38(28-25-33)51(45-19-9-21-47-48(45)44-29-26-34-11-3-4-15-40(34)50(44)53-47)39-14-7-13-37(31-39)41-17-8-18-43-42-16-5-6-20-46(42)52-49(41)43/h1-31H/i1D,2D,10D,12D,22D,23D,24D,25D,27D,28D,30D. The van der Waals surface area contributed by atoms with Crippen LogP contribution in [0.25, 0.3) is 87.7 Å². The largest absolute Gasteiger partial charge is 0.455 e. The van der Waals surface area contributed by atoms with Crippen molar-refractivity contribution >= 4 is 82.5 Å². The van der Waals surface area contributed by atoms with E-state index in [4.69, 9.17) is 17.1 Å². The van der Waals surface area contributed by atoms with Gasteiger partial charge in [0.15, 0.2) is 0 Å². The van der Waals surface area contributed by atoms with Crippen LogP contribution in [0.3, 0.4) is 0 Å². The lowest BCUT2D eigenvalue weighted by Crippen LogP contribution is -2.10. The Bertz CT molecular complexity index is 3810. The molecular formula is C50H31NO2. The molecule has 0 unspecified atom stereocenters. The van der Waals surface area contributed by atoms with E-state index in [1.807, 2.05) is 115 Å². The molecular weight excluding hydrogens is 647 g/mol. The average Bonchev–Trinajstić information content (AvgIpc) is 3.90. The molecule has 11 rings (SSSR count). The molecule has 0 bridgehead atoms. The molecule has 0 fully saturated rings. The zero-order valence-electron chi connectivity index (χ0n) is 38.8. The van der Waals surface area contributed by atoms with Gasteiger partial charge in [-0.2, -0.15) is 0 Å². The summed E-state index contributed by atoms with van der Waals surface area (Å²) in [6, 6.07) is 31.8. The topological polar surface area (TPSA) is 29.5 Å². The van der Waals surface area contributed by atoms with Crippen LogP contribution in [0.2, 0.25) is 0 Å². The second-order valence-electron chi connectivity index (χ2n) is 12.8. The van der Waals surface area contributed by atoms with Crippen molar-refractivity contribution in [3.05, 3.63) is 188 Å². The summed E-state index contributed by atoms with van der Waals surface area (Å²) in [4.78, 5) is 1.66. The molecule has 0 spiro atoms. The van der Waals surface area contributed by atoms with E-state index in [2.05, 4.69) is 0 Å². The van der Waals surface area contributed by atoms with Gasteiger partial charge in [-0.15, -0.1) is 0 Å². The number of fused-ring (bicyclic) bond motifs is 9. The Labute approximate surface area is 321 Å². The van der Waals surface area contributed by atoms with Gasteiger partial charge >= 0.3 is 0 Å². The van der Waals surface area contributed by atoms with E-state index in [0.717, 1.165) is 43.6 Å². The predicted molar refractivity (Wildman–Crippen MR) is 222 cm³/mol. The zero-order chi connectivity index (χ0) is 44.5. The monoisotopic (exact) mass is 688 g/mol. The molecule has 0 radical (unpaired) electrons. The summed E-state index contributed by atoms with van der Waals surface area (Å²) >= 11 is 0. The molecule has 0 aliphatic rings. The third-order valence-electron chi connectivity index (χ3n) is 9.76. The Kier molecular flexibility index (Phi) is 4.57. The van der Waals surface area contributed by atoms with Gasteiger partial charge < -0.3 is 13.7 Å². The Morgan fingerprint density at radius 1 is 0.434 bits per heavy atom. The summed E-state index contributed by atoms with van der Waals surface area (Å²) in [5, 5.41) is 4.45. The number of furan rings is 2. The molecule has 9 aromatic carbocycles. The molecule has 0 N–H and O–H groups in total. The van der Waals surface area contributed by atoms with E-state index in [0.29, 0.717) is 33.5 Å². The molecule has 0 amide bonds. The lowest BCUT2D eigenvalue weighted by Gasteiger charge is -2.27. The minimum Gasteiger partial charge on any atom is -0.455 e. The van der Waals surface area contributed by atoms with E-state index in [9.17, 15) is 6.85 Å². The zero-order valence-corrected chi connectivity index (χ0v) is 27.8. The molecule has 3 heteroatoms. The normalized spacial score (nSPS) is 14.7. The molecule has 2 heterocycles. The van der Waals surface area contributed by atoms with Gasteiger partial charge in [0.1, 0.15) is 22.3 Å². The first kappa shape index (κ1) is 20.7. The van der Waals surface area contributed by atoms with E-state index in [1.165, 1.54) is 0 Å². The van der Waals surface area contributed by atoms with Gasteiger partial charge in [-0.05, 0) is 87.4 Å². The van der Waals surface area contributed by atoms with Crippen LogP contribution >= 0.6 is 0 Å². The number of benzene rings is 9. The highest BCUT2D eigenvalue weighted by Gasteiger charge is 2.21. The van der Waals surface area contributed by atoms with Gasteiger partial charge in [0.05, 0.1) is 26.2 Å². The second-order valence-corrected chi connectivity index (χ2v) is 12.8. The lowest BCUT2D eigenvalue weighted by molar-refractivity contribution is 0.670. The number of nitrogens with zero attached hydrogens (tertiary/aromatic N) is 1. The molecule has 0 aliphatic heterocycles. The first-order valence-corrected chi connectivity index (χ1v) is 17.1. The summed E-state index contributed by atoms with van der Waals surface area (Å²) < 4.78 is 112. The van der Waals surface area contributed by atoms with Crippen molar-refractivity contribution in [1.82, 2.24) is 0 Å². The Morgan fingerprint density at radius 3 is 2.09 bits per heavy atom. The number of rotatable bonds is 5. The van der Waals surface area contributed by atoms with Crippen molar-refractivity contribution in [2.45, 2.75) is 0 Å². The molecule has 0 atom stereocenters. The molecule has 0 saturated heterocycles. The maximum absolute atomic E-state index is 9.72. The number of hydrogen-bond donors (Lipinski definition) is 0. The highest BCUT2D eigenvalue weighted by Crippen LogP contribution is 2.46. The number of anilines is 3. The minimum atomic E-state index is -0.665. The molecule has 11 aromatic rings. The van der Waals surface area contributed by atoms with Crippen molar-refractivity contribution in [3.8, 4) is 22.3 Å². The first-order valence-electron chi connectivity index (χ1n) is 22.6. The predicted octanol–water partition coefficient (Wildman–Crippen LogP) is 14.6. The SMILES string of the molecule is [2H]c1c([2H])c(N(c2cccc(-c3cccc4c3oc3ccccc34)c2)c2cccc3oc4c5ccccc5ccc4c23)c([2H])c([2H])c1-c1c([2H])c([2H])c2c([2H])c([2H])c([2H])c([2H])c2c1[2H]. The second kappa shape index (κ2) is 11.7. The highest BCUT2D eigenvalue weighted by atomic mass is 16.3. The van der Waals surface area contributed by atoms with Crippen LogP contribution in [0.4, 0.5) is 17.1 Å². The van der Waals surface area contributed by atoms with Gasteiger partial charge in [0, 0.05) is 38.5 Å². The molecule has 2 aromatic heterocycles. The van der Waals surface area contributed by atoms with Gasteiger partial charge in [-0.3, -0.25) is 0 Å². The van der Waals surface area contributed by atoms with Crippen LogP contribution in [-0.2, 0) is 0 Å². The van der Waals surface area contributed by atoms with Crippen LogP contribution in [0, 0.1) is 0 Å². The van der Waals surface area contributed by atoms with Gasteiger partial charge in [-0.25, -0.2) is 0 Å². The first-order chi connectivity index (χ1) is 30.9. The van der Waals surface area contributed by atoms with Crippen molar-refractivity contribution in [1.29, 1.82) is 0 Å².